The molecule has 1 aromatic heterocycles. The molecule has 1 saturated carbocycles. The van der Waals surface area contributed by atoms with Gasteiger partial charge in [0, 0.05) is 49.9 Å². The Balaban J connectivity index is 1.87. The van der Waals surface area contributed by atoms with Crippen LogP contribution in [0.4, 0.5) is 0 Å². The van der Waals surface area contributed by atoms with Crippen molar-refractivity contribution in [1.82, 2.24) is 9.88 Å². The van der Waals surface area contributed by atoms with E-state index in [4.69, 9.17) is 4.74 Å². The van der Waals surface area contributed by atoms with Gasteiger partial charge in [0.25, 0.3) is 0 Å². The number of benzene rings is 1. The van der Waals surface area contributed by atoms with E-state index in [2.05, 4.69) is 41.2 Å². The van der Waals surface area contributed by atoms with Crippen LogP contribution in [0.3, 0.4) is 0 Å². The third-order valence-corrected chi connectivity index (χ3v) is 4.10. The molecule has 0 amide bonds. The Morgan fingerprint density at radius 3 is 2.95 bits per heavy atom. The first-order valence-electron chi connectivity index (χ1n) is 7.59. The predicted molar refractivity (Wildman–Crippen MR) is 83.0 cm³/mol. The zero-order valence-corrected chi connectivity index (χ0v) is 12.5. The maximum absolute atomic E-state index is 5.17. The molecular formula is C17H24N2O. The fourth-order valence-corrected chi connectivity index (χ4v) is 2.87. The van der Waals surface area contributed by atoms with E-state index in [0.717, 1.165) is 32.2 Å². The summed E-state index contributed by atoms with van der Waals surface area (Å²) >= 11 is 0. The number of ether oxygens (including phenoxy) is 1. The summed E-state index contributed by atoms with van der Waals surface area (Å²) in [4.78, 5) is 0. The van der Waals surface area contributed by atoms with Gasteiger partial charge in [-0.15, -0.1) is 0 Å². The molecule has 0 unspecified atom stereocenters. The second-order valence-electron chi connectivity index (χ2n) is 5.82. The minimum atomic E-state index is 0.755. The molecule has 0 bridgehead atoms. The van der Waals surface area contributed by atoms with Gasteiger partial charge in [-0.1, -0.05) is 12.1 Å². The highest BCUT2D eigenvalue weighted by atomic mass is 16.5. The van der Waals surface area contributed by atoms with Crippen LogP contribution >= 0.6 is 0 Å². The van der Waals surface area contributed by atoms with Gasteiger partial charge in [-0.2, -0.15) is 0 Å². The van der Waals surface area contributed by atoms with Gasteiger partial charge in [0.15, 0.2) is 0 Å². The highest BCUT2D eigenvalue weighted by Crippen LogP contribution is 2.26. The summed E-state index contributed by atoms with van der Waals surface area (Å²) in [6.07, 6.45) is 6.06. The lowest BCUT2D eigenvalue weighted by Gasteiger charge is -2.05. The predicted octanol–water partition coefficient (Wildman–Crippen LogP) is 3.24. The van der Waals surface area contributed by atoms with Crippen molar-refractivity contribution in [2.24, 2.45) is 0 Å². The molecule has 0 aliphatic heterocycles. The van der Waals surface area contributed by atoms with Crippen molar-refractivity contribution in [3.05, 3.63) is 35.5 Å². The van der Waals surface area contributed by atoms with E-state index in [0.29, 0.717) is 0 Å². The number of aromatic nitrogens is 1. The molecule has 2 aromatic rings. The highest BCUT2D eigenvalue weighted by Gasteiger charge is 2.21. The third-order valence-electron chi connectivity index (χ3n) is 4.10. The minimum Gasteiger partial charge on any atom is -0.385 e. The number of methoxy groups -OCH3 is 1. The van der Waals surface area contributed by atoms with Crippen LogP contribution in [0.2, 0.25) is 0 Å². The maximum atomic E-state index is 5.17. The van der Waals surface area contributed by atoms with Crippen molar-refractivity contribution in [3.63, 3.8) is 0 Å². The molecule has 1 fully saturated rings. The first kappa shape index (κ1) is 13.7. The molecule has 1 aliphatic carbocycles. The second-order valence-corrected chi connectivity index (χ2v) is 5.82. The van der Waals surface area contributed by atoms with Crippen LogP contribution in [-0.2, 0) is 17.8 Å². The van der Waals surface area contributed by atoms with E-state index in [-0.39, 0.29) is 0 Å². The summed E-state index contributed by atoms with van der Waals surface area (Å²) in [5.74, 6) is 0. The van der Waals surface area contributed by atoms with Gasteiger partial charge in [0.05, 0.1) is 0 Å². The van der Waals surface area contributed by atoms with Crippen LogP contribution < -0.4 is 5.32 Å². The number of fused-ring (bicyclic) bond motifs is 1. The zero-order chi connectivity index (χ0) is 13.9. The van der Waals surface area contributed by atoms with Gasteiger partial charge < -0.3 is 14.6 Å². The van der Waals surface area contributed by atoms with Gasteiger partial charge in [-0.25, -0.2) is 0 Å². The van der Waals surface area contributed by atoms with Crippen LogP contribution in [-0.4, -0.2) is 24.3 Å². The lowest BCUT2D eigenvalue weighted by Crippen LogP contribution is -2.15. The lowest BCUT2D eigenvalue weighted by molar-refractivity contribution is 0.190. The second kappa shape index (κ2) is 5.98. The molecule has 0 spiro atoms. The number of aryl methyl sites for hydroxylation is 2. The number of hydrogen-bond acceptors (Lipinski definition) is 2. The van der Waals surface area contributed by atoms with Gasteiger partial charge in [0.2, 0.25) is 0 Å². The van der Waals surface area contributed by atoms with Crippen LogP contribution in [0.5, 0.6) is 0 Å². The Hall–Kier alpha value is -1.32. The normalized spacial score (nSPS) is 15.1. The van der Waals surface area contributed by atoms with E-state index in [1.54, 1.807) is 7.11 Å². The Labute approximate surface area is 120 Å². The molecule has 20 heavy (non-hydrogen) atoms. The molecule has 3 nitrogen and oxygen atoms in total. The first-order chi connectivity index (χ1) is 9.79. The van der Waals surface area contributed by atoms with Crippen molar-refractivity contribution in [2.75, 3.05) is 13.7 Å². The van der Waals surface area contributed by atoms with Gasteiger partial charge in [0.1, 0.15) is 0 Å². The number of hydrogen-bond donors (Lipinski definition) is 1. The summed E-state index contributed by atoms with van der Waals surface area (Å²) in [6, 6.07) is 7.35. The number of nitrogens with one attached hydrogen (secondary N) is 1. The lowest BCUT2D eigenvalue weighted by atomic mass is 10.1. The van der Waals surface area contributed by atoms with E-state index in [1.165, 1.54) is 34.9 Å². The summed E-state index contributed by atoms with van der Waals surface area (Å²) in [7, 11) is 1.77. The molecule has 3 heteroatoms. The summed E-state index contributed by atoms with van der Waals surface area (Å²) < 4.78 is 7.55. The van der Waals surface area contributed by atoms with E-state index in [9.17, 15) is 0 Å². The number of nitrogens with zero attached hydrogens (tertiary/aromatic N) is 1. The monoisotopic (exact) mass is 272 g/mol. The van der Waals surface area contributed by atoms with Crippen LogP contribution in [0, 0.1) is 6.92 Å². The SMILES string of the molecule is COCCCn1cc(CNC2CC2)c2c(C)cccc21. The molecule has 1 heterocycles. The summed E-state index contributed by atoms with van der Waals surface area (Å²) in [6.45, 7) is 5.05. The summed E-state index contributed by atoms with van der Waals surface area (Å²) in [5.41, 5.74) is 4.16. The first-order valence-corrected chi connectivity index (χ1v) is 7.59. The van der Waals surface area contributed by atoms with E-state index >= 15 is 0 Å². The molecule has 1 aromatic carbocycles. The maximum Gasteiger partial charge on any atom is 0.0486 e. The minimum absolute atomic E-state index is 0.755. The van der Waals surface area contributed by atoms with E-state index in [1.807, 2.05) is 0 Å². The Morgan fingerprint density at radius 1 is 1.35 bits per heavy atom. The standard InChI is InChI=1S/C17H24N2O/c1-13-5-3-6-16-17(13)14(11-18-15-7-8-15)12-19(16)9-4-10-20-2/h3,5-6,12,15,18H,4,7-11H2,1-2H3. The molecule has 108 valence electrons. The topological polar surface area (TPSA) is 26.2 Å². The fraction of sp³-hybridized carbons (Fsp3) is 0.529. The molecule has 1 N–H and O–H groups in total. The number of rotatable bonds is 7. The Morgan fingerprint density at radius 2 is 2.20 bits per heavy atom. The molecular weight excluding hydrogens is 248 g/mol. The average molecular weight is 272 g/mol. The van der Waals surface area contributed by atoms with Crippen molar-refractivity contribution in [1.29, 1.82) is 0 Å². The summed E-state index contributed by atoms with van der Waals surface area (Å²) in [5, 5.41) is 5.06. The Kier molecular flexibility index (Phi) is 4.08. The fourth-order valence-electron chi connectivity index (χ4n) is 2.87. The quantitative estimate of drug-likeness (QED) is 0.783. The van der Waals surface area contributed by atoms with E-state index < -0.39 is 0 Å². The van der Waals surface area contributed by atoms with Gasteiger partial charge >= 0.3 is 0 Å². The van der Waals surface area contributed by atoms with Crippen LogP contribution in [0.1, 0.15) is 30.4 Å². The highest BCUT2D eigenvalue weighted by molar-refractivity contribution is 5.87. The largest absolute Gasteiger partial charge is 0.385 e. The average Bonchev–Trinajstić information content (AvgIpc) is 3.20. The molecule has 0 radical (unpaired) electrons. The molecule has 0 atom stereocenters. The third kappa shape index (κ3) is 2.89. The van der Waals surface area contributed by atoms with Crippen LogP contribution in [0.25, 0.3) is 10.9 Å². The molecule has 3 rings (SSSR count). The van der Waals surface area contributed by atoms with Crippen molar-refractivity contribution in [2.45, 2.75) is 45.3 Å². The van der Waals surface area contributed by atoms with Gasteiger partial charge in [-0.05, 0) is 43.4 Å². The molecule has 0 saturated heterocycles. The van der Waals surface area contributed by atoms with Crippen molar-refractivity contribution < 1.29 is 4.74 Å². The van der Waals surface area contributed by atoms with Crippen molar-refractivity contribution in [3.8, 4) is 0 Å². The smallest absolute Gasteiger partial charge is 0.0486 e. The molecule has 1 aliphatic rings. The van der Waals surface area contributed by atoms with Crippen molar-refractivity contribution >= 4 is 10.9 Å². The van der Waals surface area contributed by atoms with Crippen LogP contribution in [0.15, 0.2) is 24.4 Å². The van der Waals surface area contributed by atoms with Gasteiger partial charge in [-0.3, -0.25) is 0 Å². The zero-order valence-electron chi connectivity index (χ0n) is 12.5. The Bertz CT molecular complexity index is 584.